The van der Waals surface area contributed by atoms with E-state index in [1.165, 1.54) is 49.9 Å². The topological polar surface area (TPSA) is 68.0 Å². The van der Waals surface area contributed by atoms with Gasteiger partial charge in [-0.1, -0.05) is 0 Å². The number of nitrogens with zero attached hydrogens (tertiary/aromatic N) is 1. The largest absolute Gasteiger partial charge is 0.345 e. The van der Waals surface area contributed by atoms with E-state index in [0.717, 1.165) is 22.8 Å². The highest BCUT2D eigenvalue weighted by Crippen LogP contribution is 2.55. The second-order valence-corrected chi connectivity index (χ2v) is 8.40. The fourth-order valence-corrected chi connectivity index (χ4v) is 5.93. The summed E-state index contributed by atoms with van der Waals surface area (Å²) in [5.41, 5.74) is 6.44. The molecule has 1 amide bonds. The van der Waals surface area contributed by atoms with Gasteiger partial charge in [-0.15, -0.1) is 11.3 Å². The minimum atomic E-state index is -0.101. The fraction of sp³-hybridized carbons (Fsp3) is 0.750. The molecule has 4 fully saturated rings. The SMILES string of the molecule is CC(N)c1nc(C(=O)NC23CC4CC(CC(C4)C2)C3)cs1. The second kappa shape index (κ2) is 4.78. The van der Waals surface area contributed by atoms with Gasteiger partial charge >= 0.3 is 0 Å². The van der Waals surface area contributed by atoms with E-state index in [2.05, 4.69) is 10.3 Å². The van der Waals surface area contributed by atoms with Crippen molar-refractivity contribution in [1.29, 1.82) is 0 Å². The van der Waals surface area contributed by atoms with Gasteiger partial charge in [-0.05, 0) is 63.2 Å². The normalized spacial score (nSPS) is 38.5. The van der Waals surface area contributed by atoms with E-state index in [0.29, 0.717) is 5.69 Å². The number of nitrogens with two attached hydrogens (primary N) is 1. The number of amides is 1. The first kappa shape index (κ1) is 13.7. The molecule has 4 aliphatic carbocycles. The fourth-order valence-electron chi connectivity index (χ4n) is 5.17. The molecule has 0 spiro atoms. The van der Waals surface area contributed by atoms with Crippen LogP contribution in [0.2, 0.25) is 0 Å². The van der Waals surface area contributed by atoms with Crippen molar-refractivity contribution < 1.29 is 4.79 Å². The quantitative estimate of drug-likeness (QED) is 0.902. The van der Waals surface area contributed by atoms with E-state index >= 15 is 0 Å². The zero-order valence-electron chi connectivity index (χ0n) is 12.5. The highest BCUT2D eigenvalue weighted by atomic mass is 32.1. The van der Waals surface area contributed by atoms with Crippen molar-refractivity contribution in [3.63, 3.8) is 0 Å². The van der Waals surface area contributed by atoms with Crippen LogP contribution >= 0.6 is 11.3 Å². The molecule has 3 N–H and O–H groups in total. The predicted molar refractivity (Wildman–Crippen MR) is 83.1 cm³/mol. The zero-order chi connectivity index (χ0) is 14.6. The van der Waals surface area contributed by atoms with Crippen LogP contribution in [-0.2, 0) is 0 Å². The smallest absolute Gasteiger partial charge is 0.271 e. The Balaban J connectivity index is 1.51. The zero-order valence-corrected chi connectivity index (χ0v) is 13.3. The van der Waals surface area contributed by atoms with Crippen molar-refractivity contribution in [1.82, 2.24) is 10.3 Å². The van der Waals surface area contributed by atoms with Crippen LogP contribution in [-0.4, -0.2) is 16.4 Å². The molecule has 1 aromatic rings. The summed E-state index contributed by atoms with van der Waals surface area (Å²) >= 11 is 1.48. The van der Waals surface area contributed by atoms with Gasteiger partial charge in [0.15, 0.2) is 0 Å². The standard InChI is InChI=1S/C16H23N3OS/c1-9(17)15-18-13(8-21-15)14(20)19-16-5-10-2-11(6-16)4-12(3-10)7-16/h8-12H,2-7,17H2,1H3,(H,19,20). The Morgan fingerprint density at radius 3 is 2.38 bits per heavy atom. The summed E-state index contributed by atoms with van der Waals surface area (Å²) in [5, 5.41) is 6.04. The maximum atomic E-state index is 12.6. The Kier molecular flexibility index (Phi) is 3.12. The maximum Gasteiger partial charge on any atom is 0.271 e. The predicted octanol–water partition coefficient (Wildman–Crippen LogP) is 2.86. The number of hydrogen-bond acceptors (Lipinski definition) is 4. The van der Waals surface area contributed by atoms with E-state index in [9.17, 15) is 4.79 Å². The molecule has 1 heterocycles. The Labute approximate surface area is 129 Å². The van der Waals surface area contributed by atoms with Crippen LogP contribution in [0, 0.1) is 17.8 Å². The van der Waals surface area contributed by atoms with Gasteiger partial charge in [-0.25, -0.2) is 4.98 Å². The summed E-state index contributed by atoms with van der Waals surface area (Å²) in [6, 6.07) is -0.101. The van der Waals surface area contributed by atoms with Gasteiger partial charge in [0.05, 0.1) is 6.04 Å². The summed E-state index contributed by atoms with van der Waals surface area (Å²) in [4.78, 5) is 16.9. The summed E-state index contributed by atoms with van der Waals surface area (Å²) in [6.07, 6.45) is 7.70. The van der Waals surface area contributed by atoms with E-state index < -0.39 is 0 Å². The number of carbonyl (C=O) groups excluding carboxylic acids is 1. The van der Waals surface area contributed by atoms with Gasteiger partial charge in [-0.3, -0.25) is 4.79 Å². The summed E-state index contributed by atoms with van der Waals surface area (Å²) in [5.74, 6) is 2.52. The van der Waals surface area contributed by atoms with Crippen molar-refractivity contribution in [2.75, 3.05) is 0 Å². The first-order chi connectivity index (χ1) is 10.0. The molecular formula is C16H23N3OS. The second-order valence-electron chi connectivity index (χ2n) is 7.51. The summed E-state index contributed by atoms with van der Waals surface area (Å²) < 4.78 is 0. The van der Waals surface area contributed by atoms with Crippen molar-refractivity contribution in [2.45, 2.75) is 57.0 Å². The van der Waals surface area contributed by atoms with Crippen molar-refractivity contribution in [3.05, 3.63) is 16.1 Å². The van der Waals surface area contributed by atoms with Gasteiger partial charge in [0.2, 0.25) is 0 Å². The van der Waals surface area contributed by atoms with Crippen LogP contribution in [0.3, 0.4) is 0 Å². The molecule has 0 saturated heterocycles. The number of hydrogen-bond donors (Lipinski definition) is 2. The number of thiazole rings is 1. The lowest BCUT2D eigenvalue weighted by atomic mass is 9.53. The van der Waals surface area contributed by atoms with Crippen molar-refractivity contribution in [3.8, 4) is 0 Å². The van der Waals surface area contributed by atoms with E-state index in [-0.39, 0.29) is 17.5 Å². The molecular weight excluding hydrogens is 282 g/mol. The minimum absolute atomic E-state index is 0.0000926. The Morgan fingerprint density at radius 1 is 1.33 bits per heavy atom. The average molecular weight is 305 g/mol. The molecule has 1 aromatic heterocycles. The van der Waals surface area contributed by atoms with Crippen LogP contribution in [0.15, 0.2) is 5.38 Å². The Hall–Kier alpha value is -0.940. The lowest BCUT2D eigenvalue weighted by molar-refractivity contribution is -0.0167. The molecule has 21 heavy (non-hydrogen) atoms. The Bertz CT molecular complexity index is 530. The molecule has 4 saturated carbocycles. The molecule has 5 heteroatoms. The summed E-state index contributed by atoms with van der Waals surface area (Å²) in [7, 11) is 0. The minimum Gasteiger partial charge on any atom is -0.345 e. The van der Waals surface area contributed by atoms with Crippen molar-refractivity contribution >= 4 is 17.2 Å². The van der Waals surface area contributed by atoms with Gasteiger partial charge in [-0.2, -0.15) is 0 Å². The average Bonchev–Trinajstić information content (AvgIpc) is 2.85. The monoisotopic (exact) mass is 305 g/mol. The Morgan fingerprint density at radius 2 is 1.90 bits per heavy atom. The highest BCUT2D eigenvalue weighted by molar-refractivity contribution is 7.09. The van der Waals surface area contributed by atoms with Crippen LogP contribution in [0.25, 0.3) is 0 Å². The molecule has 4 bridgehead atoms. The number of nitrogens with one attached hydrogen (secondary N) is 1. The van der Waals surface area contributed by atoms with Gasteiger partial charge < -0.3 is 11.1 Å². The van der Waals surface area contributed by atoms with Crippen LogP contribution in [0.5, 0.6) is 0 Å². The molecule has 4 aliphatic rings. The molecule has 4 nitrogen and oxygen atoms in total. The third kappa shape index (κ3) is 2.40. The molecule has 0 radical (unpaired) electrons. The van der Waals surface area contributed by atoms with Gasteiger partial charge in [0.25, 0.3) is 5.91 Å². The molecule has 5 rings (SSSR count). The van der Waals surface area contributed by atoms with Crippen molar-refractivity contribution in [2.24, 2.45) is 23.5 Å². The number of carbonyl (C=O) groups is 1. The van der Waals surface area contributed by atoms with Gasteiger partial charge in [0.1, 0.15) is 10.7 Å². The van der Waals surface area contributed by atoms with Crippen LogP contribution in [0.1, 0.15) is 67.0 Å². The molecule has 1 atom stereocenters. The molecule has 114 valence electrons. The van der Waals surface area contributed by atoms with Gasteiger partial charge in [0, 0.05) is 10.9 Å². The number of rotatable bonds is 3. The molecule has 0 aromatic carbocycles. The lowest BCUT2D eigenvalue weighted by Crippen LogP contribution is -2.59. The number of aromatic nitrogens is 1. The first-order valence-electron chi connectivity index (χ1n) is 8.06. The third-order valence-corrected chi connectivity index (χ3v) is 6.61. The lowest BCUT2D eigenvalue weighted by Gasteiger charge is -2.56. The third-order valence-electron chi connectivity index (χ3n) is 5.56. The molecule has 1 unspecified atom stereocenters. The van der Waals surface area contributed by atoms with Crippen LogP contribution in [0.4, 0.5) is 0 Å². The highest BCUT2D eigenvalue weighted by Gasteiger charge is 2.51. The van der Waals surface area contributed by atoms with E-state index in [4.69, 9.17) is 5.73 Å². The first-order valence-corrected chi connectivity index (χ1v) is 8.94. The molecule has 0 aliphatic heterocycles. The maximum absolute atomic E-state index is 12.6. The van der Waals surface area contributed by atoms with E-state index in [1.54, 1.807) is 0 Å². The van der Waals surface area contributed by atoms with E-state index in [1.807, 2.05) is 12.3 Å². The summed E-state index contributed by atoms with van der Waals surface area (Å²) in [6.45, 7) is 1.90. The van der Waals surface area contributed by atoms with Crippen LogP contribution < -0.4 is 11.1 Å².